The minimum atomic E-state index is -0.0746. The van der Waals surface area contributed by atoms with Crippen LogP contribution >= 0.6 is 0 Å². The third-order valence-electron chi connectivity index (χ3n) is 6.21. The van der Waals surface area contributed by atoms with E-state index in [1.165, 1.54) is 0 Å². The fourth-order valence-corrected chi connectivity index (χ4v) is 4.29. The number of aryl methyl sites for hydroxylation is 1. The van der Waals surface area contributed by atoms with Crippen LogP contribution < -0.4 is 21.3 Å². The second-order valence-electron chi connectivity index (χ2n) is 9.04. The van der Waals surface area contributed by atoms with Crippen molar-refractivity contribution in [2.75, 3.05) is 23.7 Å². The number of aromatic nitrogens is 6. The van der Waals surface area contributed by atoms with E-state index in [-0.39, 0.29) is 11.9 Å². The van der Waals surface area contributed by atoms with E-state index < -0.39 is 0 Å². The van der Waals surface area contributed by atoms with E-state index in [9.17, 15) is 4.79 Å². The number of carbonyl (C=O) groups excluding carboxylic acids is 1. The lowest BCUT2D eigenvalue weighted by Gasteiger charge is -2.12. The quantitative estimate of drug-likeness (QED) is 0.262. The summed E-state index contributed by atoms with van der Waals surface area (Å²) >= 11 is 0. The number of nitrogens with zero attached hydrogens (tertiary/aromatic N) is 6. The summed E-state index contributed by atoms with van der Waals surface area (Å²) in [5, 5.41) is 17.4. The van der Waals surface area contributed by atoms with Gasteiger partial charge in [-0.05, 0) is 74.5 Å². The first kappa shape index (κ1) is 23.5. The molecule has 38 heavy (non-hydrogen) atoms. The number of fused-ring (bicyclic) bond motifs is 1. The minimum absolute atomic E-state index is 0.0746. The molecule has 0 saturated carbocycles. The predicted octanol–water partition coefficient (Wildman–Crippen LogP) is 3.47. The van der Waals surface area contributed by atoms with Crippen molar-refractivity contribution >= 4 is 34.7 Å². The SMILES string of the molecule is Cc1cccc(-c2nc(Nc3ccnc(Nc4ccc(C(=O)NC5CCNC5)cc4)n3)c3cccn3n2)n1. The minimum Gasteiger partial charge on any atom is -0.348 e. The van der Waals surface area contributed by atoms with Gasteiger partial charge in [-0.25, -0.2) is 19.5 Å². The van der Waals surface area contributed by atoms with Crippen molar-refractivity contribution in [1.29, 1.82) is 0 Å². The Kier molecular flexibility index (Phi) is 6.32. The maximum atomic E-state index is 12.5. The fourth-order valence-electron chi connectivity index (χ4n) is 4.29. The molecule has 1 aliphatic heterocycles. The smallest absolute Gasteiger partial charge is 0.251 e. The molecule has 5 heterocycles. The van der Waals surface area contributed by atoms with Gasteiger partial charge >= 0.3 is 0 Å². The monoisotopic (exact) mass is 506 g/mol. The van der Waals surface area contributed by atoms with E-state index >= 15 is 0 Å². The summed E-state index contributed by atoms with van der Waals surface area (Å²) in [4.78, 5) is 30.7. The summed E-state index contributed by atoms with van der Waals surface area (Å²) in [7, 11) is 0. The van der Waals surface area contributed by atoms with Crippen LogP contribution in [0, 0.1) is 6.92 Å². The van der Waals surface area contributed by atoms with Gasteiger partial charge in [0.2, 0.25) is 11.8 Å². The molecule has 5 aromatic rings. The first-order valence-electron chi connectivity index (χ1n) is 12.4. The lowest BCUT2D eigenvalue weighted by atomic mass is 10.1. The molecule has 1 unspecified atom stereocenters. The van der Waals surface area contributed by atoms with Gasteiger partial charge in [-0.1, -0.05) is 6.07 Å². The molecule has 1 fully saturated rings. The molecule has 6 rings (SSSR count). The van der Waals surface area contributed by atoms with Gasteiger partial charge in [0, 0.05) is 41.9 Å². The van der Waals surface area contributed by atoms with Gasteiger partial charge < -0.3 is 21.3 Å². The molecular weight excluding hydrogens is 480 g/mol. The Morgan fingerprint density at radius 2 is 1.89 bits per heavy atom. The number of pyridine rings is 1. The van der Waals surface area contributed by atoms with Crippen molar-refractivity contribution in [2.24, 2.45) is 0 Å². The molecule has 0 aliphatic carbocycles. The zero-order chi connectivity index (χ0) is 25.9. The first-order valence-corrected chi connectivity index (χ1v) is 12.4. The molecule has 0 spiro atoms. The molecule has 0 bridgehead atoms. The summed E-state index contributed by atoms with van der Waals surface area (Å²) in [6.07, 6.45) is 4.47. The standard InChI is InChI=1S/C27H26N10O/c1-17-4-2-5-21(30-17)24-35-25(22-6-3-15-37(22)36-24)33-23-12-14-29-27(34-23)32-19-9-7-18(8-10-19)26(38)31-20-11-13-28-16-20/h2-10,12,14-15,20,28H,11,13,16H2,1H3,(H,31,38)(H2,29,32,33,34,35,36). The van der Waals surface area contributed by atoms with Crippen LogP contribution in [-0.4, -0.2) is 54.6 Å². The average molecular weight is 507 g/mol. The van der Waals surface area contributed by atoms with Gasteiger partial charge in [0.05, 0.1) is 0 Å². The van der Waals surface area contributed by atoms with Crippen molar-refractivity contribution in [3.05, 3.63) is 84.3 Å². The van der Waals surface area contributed by atoms with Gasteiger partial charge in [-0.2, -0.15) is 4.98 Å². The predicted molar refractivity (Wildman–Crippen MR) is 145 cm³/mol. The van der Waals surface area contributed by atoms with Crippen LogP contribution in [0.4, 0.5) is 23.3 Å². The Hall–Kier alpha value is -4.90. The lowest BCUT2D eigenvalue weighted by Crippen LogP contribution is -2.36. The maximum absolute atomic E-state index is 12.5. The molecule has 1 atom stereocenters. The number of nitrogens with one attached hydrogen (secondary N) is 4. The number of hydrogen-bond donors (Lipinski definition) is 4. The normalized spacial score (nSPS) is 14.9. The van der Waals surface area contributed by atoms with Gasteiger partial charge in [-0.15, -0.1) is 5.10 Å². The van der Waals surface area contributed by atoms with Crippen molar-refractivity contribution in [2.45, 2.75) is 19.4 Å². The van der Waals surface area contributed by atoms with Gasteiger partial charge in [0.15, 0.2) is 5.82 Å². The highest BCUT2D eigenvalue weighted by atomic mass is 16.1. The third kappa shape index (κ3) is 5.13. The van der Waals surface area contributed by atoms with Gasteiger partial charge in [-0.3, -0.25) is 4.79 Å². The third-order valence-corrected chi connectivity index (χ3v) is 6.21. The van der Waals surface area contributed by atoms with Crippen molar-refractivity contribution in [1.82, 2.24) is 40.2 Å². The number of rotatable bonds is 7. The molecule has 1 saturated heterocycles. The van der Waals surface area contributed by atoms with Crippen LogP contribution in [0.25, 0.3) is 17.0 Å². The van der Waals surface area contributed by atoms with Gasteiger partial charge in [0.25, 0.3) is 5.91 Å². The van der Waals surface area contributed by atoms with Gasteiger partial charge in [0.1, 0.15) is 17.0 Å². The molecule has 11 heteroatoms. The summed E-state index contributed by atoms with van der Waals surface area (Å²) < 4.78 is 1.76. The maximum Gasteiger partial charge on any atom is 0.251 e. The summed E-state index contributed by atoms with van der Waals surface area (Å²) in [5.41, 5.74) is 3.75. The highest BCUT2D eigenvalue weighted by Crippen LogP contribution is 2.23. The van der Waals surface area contributed by atoms with Crippen LogP contribution in [-0.2, 0) is 0 Å². The van der Waals surface area contributed by atoms with Crippen molar-refractivity contribution in [3.8, 4) is 11.5 Å². The second-order valence-corrected chi connectivity index (χ2v) is 9.04. The molecule has 11 nitrogen and oxygen atoms in total. The van der Waals surface area contributed by atoms with E-state index in [1.54, 1.807) is 28.9 Å². The van der Waals surface area contributed by atoms with Crippen LogP contribution in [0.1, 0.15) is 22.5 Å². The number of amides is 1. The van der Waals surface area contributed by atoms with E-state index in [4.69, 9.17) is 4.98 Å². The Morgan fingerprint density at radius 1 is 1.00 bits per heavy atom. The van der Waals surface area contributed by atoms with Crippen LogP contribution in [0.3, 0.4) is 0 Å². The summed E-state index contributed by atoms with van der Waals surface area (Å²) in [5.74, 6) is 2.00. The van der Waals surface area contributed by atoms with Crippen LogP contribution in [0.15, 0.2) is 73.1 Å². The molecule has 0 radical (unpaired) electrons. The fraction of sp³-hybridized carbons (Fsp3) is 0.185. The van der Waals surface area contributed by atoms with Crippen LogP contribution in [0.5, 0.6) is 0 Å². The number of hydrogen-bond acceptors (Lipinski definition) is 9. The number of anilines is 4. The average Bonchev–Trinajstić information content (AvgIpc) is 3.62. The number of carbonyl (C=O) groups is 1. The zero-order valence-corrected chi connectivity index (χ0v) is 20.7. The van der Waals surface area contributed by atoms with E-state index in [0.29, 0.717) is 34.7 Å². The summed E-state index contributed by atoms with van der Waals surface area (Å²) in [6.45, 7) is 3.67. The Balaban J connectivity index is 1.19. The molecule has 190 valence electrons. The molecular formula is C27H26N10O. The van der Waals surface area contributed by atoms with Crippen molar-refractivity contribution in [3.63, 3.8) is 0 Å². The highest BCUT2D eigenvalue weighted by Gasteiger charge is 2.17. The van der Waals surface area contributed by atoms with Crippen LogP contribution in [0.2, 0.25) is 0 Å². The van der Waals surface area contributed by atoms with E-state index in [0.717, 1.165) is 36.4 Å². The van der Waals surface area contributed by atoms with E-state index in [2.05, 4.69) is 41.3 Å². The topological polar surface area (TPSA) is 134 Å². The molecule has 1 aromatic carbocycles. The Labute approximate surface area is 218 Å². The zero-order valence-electron chi connectivity index (χ0n) is 20.7. The Bertz CT molecular complexity index is 1590. The van der Waals surface area contributed by atoms with E-state index in [1.807, 2.05) is 55.6 Å². The first-order chi connectivity index (χ1) is 18.6. The second kappa shape index (κ2) is 10.2. The number of benzene rings is 1. The molecule has 4 aromatic heterocycles. The highest BCUT2D eigenvalue weighted by molar-refractivity contribution is 5.94. The largest absolute Gasteiger partial charge is 0.348 e. The Morgan fingerprint density at radius 3 is 2.71 bits per heavy atom. The molecule has 4 N–H and O–H groups in total. The van der Waals surface area contributed by atoms with Crippen molar-refractivity contribution < 1.29 is 4.79 Å². The molecule has 1 amide bonds. The lowest BCUT2D eigenvalue weighted by molar-refractivity contribution is 0.0940. The molecule has 1 aliphatic rings. The summed E-state index contributed by atoms with van der Waals surface area (Å²) in [6, 6.07) is 18.8.